The summed E-state index contributed by atoms with van der Waals surface area (Å²) in [6.07, 6.45) is 5.56. The fourth-order valence-corrected chi connectivity index (χ4v) is 2.68. The molecular weight excluding hydrogens is 280 g/mol. The van der Waals surface area contributed by atoms with Crippen LogP contribution in [-0.4, -0.2) is 46.2 Å². The van der Waals surface area contributed by atoms with Gasteiger partial charge in [0.25, 0.3) is 0 Å². The summed E-state index contributed by atoms with van der Waals surface area (Å²) in [6.45, 7) is 10.2. The van der Waals surface area contributed by atoms with Crippen LogP contribution in [0.1, 0.15) is 52.4 Å². The highest BCUT2D eigenvalue weighted by molar-refractivity contribution is 5.68. The average Bonchev–Trinajstić information content (AvgIpc) is 2.97. The van der Waals surface area contributed by atoms with E-state index in [4.69, 9.17) is 4.74 Å². The largest absolute Gasteiger partial charge is 0.444 e. The van der Waals surface area contributed by atoms with E-state index in [1.165, 1.54) is 0 Å². The van der Waals surface area contributed by atoms with Crippen molar-refractivity contribution in [1.82, 2.24) is 20.2 Å². The van der Waals surface area contributed by atoms with Crippen molar-refractivity contribution < 1.29 is 9.53 Å². The molecule has 0 saturated carbocycles. The van der Waals surface area contributed by atoms with E-state index in [1.54, 1.807) is 6.20 Å². The third-order valence-corrected chi connectivity index (χ3v) is 3.81. The standard InChI is InChI=1S/C16H28N4O2/c1-12(14-17-7-8-18-14)19-10-13-6-5-9-20(11-13)15(21)22-16(2,3)4/h7-8,12-13,19H,5-6,9-11H2,1-4H3,(H,17,18). The number of hydrogen-bond donors (Lipinski definition) is 2. The van der Waals surface area contributed by atoms with Gasteiger partial charge in [0.05, 0.1) is 6.04 Å². The molecule has 1 aromatic rings. The van der Waals surface area contributed by atoms with E-state index in [1.807, 2.05) is 31.9 Å². The molecule has 2 unspecified atom stereocenters. The molecule has 0 bridgehead atoms. The molecule has 0 radical (unpaired) electrons. The lowest BCUT2D eigenvalue weighted by atomic mass is 9.98. The number of rotatable bonds is 4. The number of piperidine rings is 1. The quantitative estimate of drug-likeness (QED) is 0.897. The molecule has 2 heterocycles. The molecule has 0 aromatic carbocycles. The Kier molecular flexibility index (Phi) is 5.45. The fourth-order valence-electron chi connectivity index (χ4n) is 2.68. The topological polar surface area (TPSA) is 70.2 Å². The minimum atomic E-state index is -0.434. The van der Waals surface area contributed by atoms with Crippen LogP contribution in [-0.2, 0) is 4.74 Å². The molecule has 2 atom stereocenters. The second kappa shape index (κ2) is 7.13. The van der Waals surface area contributed by atoms with Crippen LogP contribution in [0.2, 0.25) is 0 Å². The van der Waals surface area contributed by atoms with Crippen LogP contribution in [0.25, 0.3) is 0 Å². The Morgan fingerprint density at radius 1 is 1.59 bits per heavy atom. The first-order valence-electron chi connectivity index (χ1n) is 8.06. The van der Waals surface area contributed by atoms with Crippen molar-refractivity contribution in [3.63, 3.8) is 0 Å². The van der Waals surface area contributed by atoms with Crippen LogP contribution in [0.3, 0.4) is 0 Å². The molecule has 6 heteroatoms. The van der Waals surface area contributed by atoms with Gasteiger partial charge in [-0.25, -0.2) is 9.78 Å². The number of amides is 1. The summed E-state index contributed by atoms with van der Waals surface area (Å²) in [5.74, 6) is 1.40. The van der Waals surface area contributed by atoms with Crippen LogP contribution >= 0.6 is 0 Å². The van der Waals surface area contributed by atoms with Crippen molar-refractivity contribution in [1.29, 1.82) is 0 Å². The molecule has 22 heavy (non-hydrogen) atoms. The summed E-state index contributed by atoms with van der Waals surface area (Å²) in [5, 5.41) is 3.49. The molecule has 1 fully saturated rings. The lowest BCUT2D eigenvalue weighted by Gasteiger charge is -2.34. The zero-order valence-corrected chi connectivity index (χ0v) is 14.1. The second-order valence-electron chi connectivity index (χ2n) is 7.04. The van der Waals surface area contributed by atoms with Crippen LogP contribution in [0, 0.1) is 5.92 Å². The van der Waals surface area contributed by atoms with Gasteiger partial charge in [-0.05, 0) is 46.5 Å². The molecule has 124 valence electrons. The van der Waals surface area contributed by atoms with Gasteiger partial charge in [-0.1, -0.05) is 0 Å². The molecule has 1 aliphatic rings. The molecule has 6 nitrogen and oxygen atoms in total. The lowest BCUT2D eigenvalue weighted by molar-refractivity contribution is 0.0165. The number of ether oxygens (including phenoxy) is 1. The van der Waals surface area contributed by atoms with E-state index >= 15 is 0 Å². The van der Waals surface area contributed by atoms with Crippen molar-refractivity contribution in [2.24, 2.45) is 5.92 Å². The number of likely N-dealkylation sites (tertiary alicyclic amines) is 1. The van der Waals surface area contributed by atoms with Gasteiger partial charge >= 0.3 is 6.09 Å². The van der Waals surface area contributed by atoms with Gasteiger partial charge in [-0.3, -0.25) is 0 Å². The normalized spacial score (nSPS) is 20.7. The highest BCUT2D eigenvalue weighted by Gasteiger charge is 2.27. The molecule has 1 aliphatic heterocycles. The molecule has 2 rings (SSSR count). The van der Waals surface area contributed by atoms with Gasteiger partial charge in [0, 0.05) is 32.0 Å². The molecule has 1 aromatic heterocycles. The number of aromatic amines is 1. The van der Waals surface area contributed by atoms with Gasteiger partial charge < -0.3 is 19.9 Å². The number of nitrogens with one attached hydrogen (secondary N) is 2. The maximum absolute atomic E-state index is 12.2. The summed E-state index contributed by atoms with van der Waals surface area (Å²) < 4.78 is 5.46. The van der Waals surface area contributed by atoms with Crippen LogP contribution in [0.4, 0.5) is 4.79 Å². The third kappa shape index (κ3) is 5.02. The highest BCUT2D eigenvalue weighted by atomic mass is 16.6. The summed E-state index contributed by atoms with van der Waals surface area (Å²) in [5.41, 5.74) is -0.434. The SMILES string of the molecule is CC(NCC1CCCN(C(=O)OC(C)(C)C)C1)c1ncc[nH]1. The maximum Gasteiger partial charge on any atom is 0.410 e. The van der Waals surface area contributed by atoms with Crippen molar-refractivity contribution >= 4 is 6.09 Å². The highest BCUT2D eigenvalue weighted by Crippen LogP contribution is 2.19. The summed E-state index contributed by atoms with van der Waals surface area (Å²) in [6, 6.07) is 0.187. The van der Waals surface area contributed by atoms with Crippen LogP contribution in [0.5, 0.6) is 0 Å². The number of H-pyrrole nitrogens is 1. The van der Waals surface area contributed by atoms with Crippen molar-refractivity contribution in [2.75, 3.05) is 19.6 Å². The number of imidazole rings is 1. The summed E-state index contributed by atoms with van der Waals surface area (Å²) in [7, 11) is 0. The lowest BCUT2D eigenvalue weighted by Crippen LogP contribution is -2.45. The Balaban J connectivity index is 1.79. The number of carbonyl (C=O) groups excluding carboxylic acids is 1. The Bertz CT molecular complexity index is 467. The second-order valence-corrected chi connectivity index (χ2v) is 7.04. The first-order chi connectivity index (χ1) is 10.3. The Morgan fingerprint density at radius 3 is 3.00 bits per heavy atom. The van der Waals surface area contributed by atoms with Crippen molar-refractivity contribution in [3.8, 4) is 0 Å². The van der Waals surface area contributed by atoms with Crippen molar-refractivity contribution in [3.05, 3.63) is 18.2 Å². The van der Waals surface area contributed by atoms with E-state index < -0.39 is 5.60 Å². The zero-order valence-electron chi connectivity index (χ0n) is 14.1. The van der Waals surface area contributed by atoms with E-state index in [2.05, 4.69) is 22.2 Å². The summed E-state index contributed by atoms with van der Waals surface area (Å²) >= 11 is 0. The van der Waals surface area contributed by atoms with E-state index in [-0.39, 0.29) is 12.1 Å². The minimum Gasteiger partial charge on any atom is -0.444 e. The molecule has 1 amide bonds. The first-order valence-corrected chi connectivity index (χ1v) is 8.06. The Labute approximate surface area is 132 Å². The first kappa shape index (κ1) is 16.8. The number of aromatic nitrogens is 2. The van der Waals surface area contributed by atoms with Gasteiger partial charge in [-0.15, -0.1) is 0 Å². The van der Waals surface area contributed by atoms with Crippen LogP contribution in [0.15, 0.2) is 12.4 Å². The number of carbonyl (C=O) groups is 1. The predicted octanol–water partition coefficient (Wildman–Crippen LogP) is 2.71. The van der Waals surface area contributed by atoms with Crippen LogP contribution < -0.4 is 5.32 Å². The van der Waals surface area contributed by atoms with E-state index in [0.29, 0.717) is 5.92 Å². The van der Waals surface area contributed by atoms with E-state index in [0.717, 1.165) is 38.3 Å². The molecule has 0 aliphatic carbocycles. The van der Waals surface area contributed by atoms with Gasteiger partial charge in [0.2, 0.25) is 0 Å². The van der Waals surface area contributed by atoms with Gasteiger partial charge in [-0.2, -0.15) is 0 Å². The number of nitrogens with zero attached hydrogens (tertiary/aromatic N) is 2. The molecular formula is C16H28N4O2. The Hall–Kier alpha value is -1.56. The maximum atomic E-state index is 12.2. The molecule has 0 spiro atoms. The Morgan fingerprint density at radius 2 is 2.36 bits per heavy atom. The van der Waals surface area contributed by atoms with E-state index in [9.17, 15) is 4.79 Å². The molecule has 1 saturated heterocycles. The molecule has 2 N–H and O–H groups in total. The smallest absolute Gasteiger partial charge is 0.410 e. The van der Waals surface area contributed by atoms with Gasteiger partial charge in [0.15, 0.2) is 0 Å². The minimum absolute atomic E-state index is 0.187. The number of hydrogen-bond acceptors (Lipinski definition) is 4. The average molecular weight is 308 g/mol. The third-order valence-electron chi connectivity index (χ3n) is 3.81. The summed E-state index contributed by atoms with van der Waals surface area (Å²) in [4.78, 5) is 21.4. The fraction of sp³-hybridized carbons (Fsp3) is 0.750. The zero-order chi connectivity index (χ0) is 16.2. The monoisotopic (exact) mass is 308 g/mol. The van der Waals surface area contributed by atoms with Crippen molar-refractivity contribution in [2.45, 2.75) is 52.2 Å². The van der Waals surface area contributed by atoms with Gasteiger partial charge in [0.1, 0.15) is 11.4 Å². The predicted molar refractivity (Wildman–Crippen MR) is 85.5 cm³/mol.